The molecule has 1 aromatic carbocycles. The zero-order valence-electron chi connectivity index (χ0n) is 8.20. The maximum Gasteiger partial charge on any atom is 0.0651 e. The summed E-state index contributed by atoms with van der Waals surface area (Å²) in [6.45, 7) is 4.35. The first-order valence-electron chi connectivity index (χ1n) is 4.96. The second-order valence-corrected chi connectivity index (χ2v) is 4.24. The fourth-order valence-electron chi connectivity index (χ4n) is 2.41. The van der Waals surface area contributed by atoms with Gasteiger partial charge in [0, 0.05) is 5.92 Å². The molecule has 0 aliphatic heterocycles. The van der Waals surface area contributed by atoms with Crippen LogP contribution >= 0.6 is 0 Å². The third-order valence-electron chi connectivity index (χ3n) is 2.98. The van der Waals surface area contributed by atoms with Gasteiger partial charge in [-0.25, -0.2) is 0 Å². The summed E-state index contributed by atoms with van der Waals surface area (Å²) in [5.74, 6) is 0.870. The van der Waals surface area contributed by atoms with E-state index in [4.69, 9.17) is 0 Å². The van der Waals surface area contributed by atoms with Gasteiger partial charge in [-0.3, -0.25) is 0 Å². The van der Waals surface area contributed by atoms with Crippen molar-refractivity contribution < 1.29 is 5.11 Å². The quantitative estimate of drug-likeness (QED) is 0.696. The lowest BCUT2D eigenvalue weighted by Gasteiger charge is -2.19. The summed E-state index contributed by atoms with van der Waals surface area (Å²) >= 11 is 0. The van der Waals surface area contributed by atoms with Crippen molar-refractivity contribution in [1.29, 1.82) is 0 Å². The summed E-state index contributed by atoms with van der Waals surface area (Å²) in [5, 5.41) is 9.88. The summed E-state index contributed by atoms with van der Waals surface area (Å²) in [6.07, 6.45) is 0.663. The Balaban J connectivity index is 2.40. The molecule has 13 heavy (non-hydrogen) atoms. The van der Waals surface area contributed by atoms with Gasteiger partial charge in [0.2, 0.25) is 0 Å². The molecule has 1 aliphatic carbocycles. The number of aliphatic hydroxyl groups excluding tert-OH is 1. The lowest BCUT2D eigenvalue weighted by molar-refractivity contribution is 0.136. The smallest absolute Gasteiger partial charge is 0.0651 e. The van der Waals surface area contributed by atoms with E-state index in [0.717, 1.165) is 6.42 Å². The van der Waals surface area contributed by atoms with Gasteiger partial charge in [-0.1, -0.05) is 38.1 Å². The van der Waals surface area contributed by atoms with Crippen LogP contribution in [-0.2, 0) is 6.42 Å². The van der Waals surface area contributed by atoms with E-state index in [9.17, 15) is 5.11 Å². The van der Waals surface area contributed by atoms with Crippen LogP contribution in [0.3, 0.4) is 0 Å². The Bertz CT molecular complexity index is 304. The summed E-state index contributed by atoms with van der Waals surface area (Å²) < 4.78 is 0. The van der Waals surface area contributed by atoms with Gasteiger partial charge in [0.25, 0.3) is 0 Å². The third kappa shape index (κ3) is 1.37. The monoisotopic (exact) mass is 176 g/mol. The van der Waals surface area contributed by atoms with E-state index in [2.05, 4.69) is 32.0 Å². The van der Waals surface area contributed by atoms with Gasteiger partial charge >= 0.3 is 0 Å². The first-order valence-corrected chi connectivity index (χ1v) is 4.96. The Morgan fingerprint density at radius 3 is 2.69 bits per heavy atom. The highest BCUT2D eigenvalue weighted by Crippen LogP contribution is 2.37. The molecular formula is C12H16O. The fourth-order valence-corrected chi connectivity index (χ4v) is 2.41. The number of hydrogen-bond acceptors (Lipinski definition) is 1. The van der Waals surface area contributed by atoms with Gasteiger partial charge in [0.15, 0.2) is 0 Å². The Morgan fingerprint density at radius 1 is 1.31 bits per heavy atom. The largest absolute Gasteiger partial charge is 0.392 e. The van der Waals surface area contributed by atoms with Crippen LogP contribution in [-0.4, -0.2) is 11.2 Å². The van der Waals surface area contributed by atoms with Gasteiger partial charge in [0.1, 0.15) is 0 Å². The Hall–Kier alpha value is -0.820. The van der Waals surface area contributed by atoms with Crippen LogP contribution in [0.25, 0.3) is 0 Å². The molecule has 0 saturated heterocycles. The minimum Gasteiger partial charge on any atom is -0.392 e. The molecule has 1 N–H and O–H groups in total. The standard InChI is InChI=1S/C12H16O/c1-8(2)12-10-6-4-3-5-9(10)7-11(12)13/h3-6,8,11-13H,7H2,1-2H3/t11-,12-/m1/s1. The predicted molar refractivity (Wildman–Crippen MR) is 53.7 cm³/mol. The van der Waals surface area contributed by atoms with Gasteiger partial charge in [-0.15, -0.1) is 0 Å². The molecule has 0 spiro atoms. The van der Waals surface area contributed by atoms with Crippen molar-refractivity contribution in [2.45, 2.75) is 32.3 Å². The molecule has 2 atom stereocenters. The molecule has 0 saturated carbocycles. The third-order valence-corrected chi connectivity index (χ3v) is 2.98. The number of aliphatic hydroxyl groups is 1. The number of benzene rings is 1. The predicted octanol–water partition coefficient (Wildman–Crippen LogP) is 2.34. The van der Waals surface area contributed by atoms with Gasteiger partial charge in [-0.2, -0.15) is 0 Å². The van der Waals surface area contributed by atoms with Crippen molar-refractivity contribution in [3.05, 3.63) is 35.4 Å². The molecule has 1 aromatic rings. The maximum atomic E-state index is 9.88. The van der Waals surface area contributed by atoms with Crippen molar-refractivity contribution in [3.63, 3.8) is 0 Å². The summed E-state index contributed by atoms with van der Waals surface area (Å²) in [5.41, 5.74) is 2.68. The molecule has 70 valence electrons. The van der Waals surface area contributed by atoms with E-state index in [1.807, 2.05) is 6.07 Å². The van der Waals surface area contributed by atoms with Crippen molar-refractivity contribution >= 4 is 0 Å². The van der Waals surface area contributed by atoms with Crippen LogP contribution in [0.2, 0.25) is 0 Å². The second-order valence-electron chi connectivity index (χ2n) is 4.24. The van der Waals surface area contributed by atoms with Crippen molar-refractivity contribution in [2.75, 3.05) is 0 Å². The van der Waals surface area contributed by atoms with Gasteiger partial charge < -0.3 is 5.11 Å². The lowest BCUT2D eigenvalue weighted by Crippen LogP contribution is -2.18. The SMILES string of the molecule is CC(C)[C@@H]1c2ccccc2C[C@H]1O. The van der Waals surface area contributed by atoms with Gasteiger partial charge in [0.05, 0.1) is 6.10 Å². The first kappa shape index (κ1) is 8.76. The highest BCUT2D eigenvalue weighted by Gasteiger charge is 2.32. The minimum absolute atomic E-state index is 0.169. The number of rotatable bonds is 1. The molecule has 1 nitrogen and oxygen atoms in total. The van der Waals surface area contributed by atoms with E-state index in [-0.39, 0.29) is 6.10 Å². The molecule has 1 heteroatoms. The Morgan fingerprint density at radius 2 is 2.00 bits per heavy atom. The molecule has 0 radical (unpaired) electrons. The molecule has 0 aromatic heterocycles. The first-order chi connectivity index (χ1) is 6.20. The zero-order chi connectivity index (χ0) is 9.42. The fraction of sp³-hybridized carbons (Fsp3) is 0.500. The van der Waals surface area contributed by atoms with E-state index >= 15 is 0 Å². The lowest BCUT2D eigenvalue weighted by atomic mass is 9.89. The topological polar surface area (TPSA) is 20.2 Å². The van der Waals surface area contributed by atoms with Crippen LogP contribution < -0.4 is 0 Å². The van der Waals surface area contributed by atoms with Crippen LogP contribution in [0, 0.1) is 5.92 Å². The molecular weight excluding hydrogens is 160 g/mol. The summed E-state index contributed by atoms with van der Waals surface area (Å²) in [7, 11) is 0. The second kappa shape index (κ2) is 3.15. The zero-order valence-corrected chi connectivity index (χ0v) is 8.20. The van der Waals surface area contributed by atoms with Crippen LogP contribution in [0.4, 0.5) is 0 Å². The van der Waals surface area contributed by atoms with E-state index in [0.29, 0.717) is 11.8 Å². The maximum absolute atomic E-state index is 9.88. The van der Waals surface area contributed by atoms with Crippen LogP contribution in [0.5, 0.6) is 0 Å². The molecule has 1 aliphatic rings. The van der Waals surface area contributed by atoms with E-state index in [1.165, 1.54) is 11.1 Å². The normalized spacial score (nSPS) is 26.5. The summed E-state index contributed by atoms with van der Waals surface area (Å²) in [4.78, 5) is 0. The van der Waals surface area contributed by atoms with Gasteiger partial charge in [-0.05, 0) is 23.5 Å². The average molecular weight is 176 g/mol. The molecule has 2 rings (SSSR count). The van der Waals surface area contributed by atoms with Crippen molar-refractivity contribution in [3.8, 4) is 0 Å². The number of hydrogen-bond donors (Lipinski definition) is 1. The van der Waals surface area contributed by atoms with E-state index < -0.39 is 0 Å². The number of fused-ring (bicyclic) bond motifs is 1. The van der Waals surface area contributed by atoms with Crippen LogP contribution in [0.15, 0.2) is 24.3 Å². The molecule has 0 bridgehead atoms. The molecule has 0 amide bonds. The molecule has 0 fully saturated rings. The molecule has 0 unspecified atom stereocenters. The van der Waals surface area contributed by atoms with Crippen molar-refractivity contribution in [1.82, 2.24) is 0 Å². The van der Waals surface area contributed by atoms with E-state index in [1.54, 1.807) is 0 Å². The Labute approximate surface area is 79.4 Å². The summed E-state index contributed by atoms with van der Waals surface area (Å²) in [6, 6.07) is 8.39. The Kier molecular flexibility index (Phi) is 2.12. The minimum atomic E-state index is -0.169. The highest BCUT2D eigenvalue weighted by molar-refractivity contribution is 5.37. The van der Waals surface area contributed by atoms with Crippen molar-refractivity contribution in [2.24, 2.45) is 5.92 Å². The average Bonchev–Trinajstić information content (AvgIpc) is 2.39. The highest BCUT2D eigenvalue weighted by atomic mass is 16.3. The van der Waals surface area contributed by atoms with Crippen LogP contribution in [0.1, 0.15) is 30.9 Å². The molecule has 0 heterocycles.